The summed E-state index contributed by atoms with van der Waals surface area (Å²) in [5.74, 6) is -0.670. The molecule has 1 aliphatic rings. The first-order chi connectivity index (χ1) is 7.59. The molecule has 1 aliphatic heterocycles. The van der Waals surface area contributed by atoms with Gasteiger partial charge >= 0.3 is 0 Å². The van der Waals surface area contributed by atoms with Crippen LogP contribution in [0.25, 0.3) is 0 Å². The van der Waals surface area contributed by atoms with Gasteiger partial charge in [0.15, 0.2) is 0 Å². The Labute approximate surface area is 101 Å². The number of nitrogens with two attached hydrogens (primary N) is 1. The minimum atomic E-state index is -0.530. The Morgan fingerprint density at radius 3 is 3.00 bits per heavy atom. The number of carbonyl (C=O) groups is 2. The van der Waals surface area contributed by atoms with Crippen LogP contribution in [0.15, 0.2) is 22.7 Å². The zero-order valence-electron chi connectivity index (χ0n) is 8.29. The third kappa shape index (κ3) is 1.94. The number of anilines is 1. The normalized spacial score (nSPS) is 18.1. The van der Waals surface area contributed by atoms with Gasteiger partial charge < -0.3 is 11.1 Å². The molecule has 16 heavy (non-hydrogen) atoms. The van der Waals surface area contributed by atoms with Crippen LogP contribution in [-0.4, -0.2) is 18.4 Å². The average molecular weight is 284 g/mol. The maximum Gasteiger partial charge on any atom is 0.246 e. The molecule has 0 aliphatic carbocycles. The smallest absolute Gasteiger partial charge is 0.246 e. The Morgan fingerprint density at radius 1 is 1.56 bits per heavy atom. The molecule has 2 rings (SSSR count). The van der Waals surface area contributed by atoms with Gasteiger partial charge in [0.2, 0.25) is 11.8 Å². The number of fused-ring (bicyclic) bond motifs is 1. The van der Waals surface area contributed by atoms with Crippen LogP contribution in [-0.2, 0) is 9.59 Å². The topological polar surface area (TPSA) is 84.2 Å². The summed E-state index contributed by atoms with van der Waals surface area (Å²) in [5, 5.41) is 5.54. The van der Waals surface area contributed by atoms with Crippen LogP contribution < -0.4 is 16.4 Å². The third-order valence-corrected chi connectivity index (χ3v) is 3.03. The molecule has 0 bridgehead atoms. The molecular weight excluding hydrogens is 274 g/mol. The second-order valence-electron chi connectivity index (χ2n) is 3.47. The van der Waals surface area contributed by atoms with E-state index in [2.05, 4.69) is 26.6 Å². The zero-order valence-corrected chi connectivity index (χ0v) is 9.87. The van der Waals surface area contributed by atoms with Gasteiger partial charge in [0.25, 0.3) is 0 Å². The molecule has 0 aromatic heterocycles. The van der Waals surface area contributed by atoms with E-state index in [1.807, 2.05) is 18.2 Å². The van der Waals surface area contributed by atoms with Crippen molar-refractivity contribution in [3.63, 3.8) is 0 Å². The summed E-state index contributed by atoms with van der Waals surface area (Å²) in [6, 6.07) is 4.96. The Hall–Kier alpha value is -1.40. The summed E-state index contributed by atoms with van der Waals surface area (Å²) in [6.07, 6.45) is 0. The number of rotatable bonds is 3. The van der Waals surface area contributed by atoms with E-state index < -0.39 is 11.9 Å². The maximum atomic E-state index is 11.6. The van der Waals surface area contributed by atoms with E-state index in [1.54, 1.807) is 0 Å². The zero-order chi connectivity index (χ0) is 11.7. The third-order valence-electron chi connectivity index (χ3n) is 2.34. The van der Waals surface area contributed by atoms with E-state index in [9.17, 15) is 9.59 Å². The lowest BCUT2D eigenvalue weighted by Gasteiger charge is -2.10. The number of nitrogens with one attached hydrogen (secondary N) is 2. The van der Waals surface area contributed by atoms with Crippen molar-refractivity contribution in [1.82, 2.24) is 5.32 Å². The predicted molar refractivity (Wildman–Crippen MR) is 62.7 cm³/mol. The first-order valence-corrected chi connectivity index (χ1v) is 5.50. The lowest BCUT2D eigenvalue weighted by atomic mass is 10.1. The van der Waals surface area contributed by atoms with Crippen LogP contribution in [0, 0.1) is 0 Å². The quantitative estimate of drug-likeness (QED) is 0.756. The Bertz CT molecular complexity index is 461. The second kappa shape index (κ2) is 4.23. The molecule has 0 saturated carbocycles. The Morgan fingerprint density at radius 2 is 2.31 bits per heavy atom. The first kappa shape index (κ1) is 11.1. The maximum absolute atomic E-state index is 11.6. The molecule has 1 atom stereocenters. The number of hydrogen-bond acceptors (Lipinski definition) is 3. The van der Waals surface area contributed by atoms with E-state index in [0.717, 1.165) is 15.7 Å². The largest absolute Gasteiger partial charge is 0.369 e. The highest BCUT2D eigenvalue weighted by atomic mass is 79.9. The highest BCUT2D eigenvalue weighted by molar-refractivity contribution is 9.10. The van der Waals surface area contributed by atoms with Crippen LogP contribution in [0.5, 0.6) is 0 Å². The van der Waals surface area contributed by atoms with Crippen molar-refractivity contribution in [3.8, 4) is 0 Å². The van der Waals surface area contributed by atoms with Gasteiger partial charge in [0.1, 0.15) is 6.04 Å². The Kier molecular flexibility index (Phi) is 2.93. The summed E-state index contributed by atoms with van der Waals surface area (Å²) in [7, 11) is 0. The van der Waals surface area contributed by atoms with Gasteiger partial charge in [0.05, 0.1) is 6.54 Å². The lowest BCUT2D eigenvalue weighted by Crippen LogP contribution is -2.34. The Balaban J connectivity index is 2.28. The summed E-state index contributed by atoms with van der Waals surface area (Å²) in [4.78, 5) is 22.3. The second-order valence-corrected chi connectivity index (χ2v) is 4.32. The van der Waals surface area contributed by atoms with E-state index >= 15 is 0 Å². The van der Waals surface area contributed by atoms with Gasteiger partial charge in [-0.15, -0.1) is 0 Å². The van der Waals surface area contributed by atoms with Crippen LogP contribution in [0.4, 0.5) is 5.69 Å². The first-order valence-electron chi connectivity index (χ1n) is 4.70. The molecule has 1 aromatic carbocycles. The minimum absolute atomic E-state index is 0.0289. The monoisotopic (exact) mass is 283 g/mol. The minimum Gasteiger partial charge on any atom is -0.369 e. The van der Waals surface area contributed by atoms with Crippen molar-refractivity contribution in [2.24, 2.45) is 5.73 Å². The molecule has 0 spiro atoms. The number of carbonyl (C=O) groups excluding carboxylic acids is 2. The van der Waals surface area contributed by atoms with Crippen LogP contribution in [0.1, 0.15) is 11.6 Å². The fraction of sp³-hybridized carbons (Fsp3) is 0.200. The predicted octanol–water partition coefficient (Wildman–Crippen LogP) is 0.517. The van der Waals surface area contributed by atoms with E-state index in [-0.39, 0.29) is 12.5 Å². The van der Waals surface area contributed by atoms with Crippen molar-refractivity contribution in [3.05, 3.63) is 28.2 Å². The van der Waals surface area contributed by atoms with Crippen molar-refractivity contribution in [1.29, 1.82) is 0 Å². The molecule has 0 saturated heterocycles. The van der Waals surface area contributed by atoms with E-state index in [0.29, 0.717) is 0 Å². The number of primary amides is 1. The summed E-state index contributed by atoms with van der Waals surface area (Å²) >= 11 is 3.37. The number of benzene rings is 1. The molecule has 4 N–H and O–H groups in total. The average Bonchev–Trinajstić information content (AvgIpc) is 2.52. The summed E-state index contributed by atoms with van der Waals surface area (Å²) in [6.45, 7) is -0.0289. The fourth-order valence-electron chi connectivity index (χ4n) is 1.67. The van der Waals surface area contributed by atoms with Gasteiger partial charge in [-0.2, -0.15) is 0 Å². The molecular formula is C10H10BrN3O2. The van der Waals surface area contributed by atoms with E-state index in [1.165, 1.54) is 0 Å². The number of hydrogen-bond donors (Lipinski definition) is 3. The fourth-order valence-corrected chi connectivity index (χ4v) is 2.27. The van der Waals surface area contributed by atoms with Crippen LogP contribution in [0.2, 0.25) is 0 Å². The number of halogens is 1. The molecule has 1 aromatic rings. The van der Waals surface area contributed by atoms with E-state index in [4.69, 9.17) is 5.73 Å². The van der Waals surface area contributed by atoms with Gasteiger partial charge in [-0.25, -0.2) is 0 Å². The van der Waals surface area contributed by atoms with Crippen molar-refractivity contribution >= 4 is 33.4 Å². The summed E-state index contributed by atoms with van der Waals surface area (Å²) < 4.78 is 0.824. The molecule has 84 valence electrons. The molecule has 0 radical (unpaired) electrons. The lowest BCUT2D eigenvalue weighted by molar-refractivity contribution is -0.119. The molecule has 0 fully saturated rings. The van der Waals surface area contributed by atoms with Gasteiger partial charge in [-0.1, -0.05) is 22.0 Å². The SMILES string of the molecule is NC(=O)CNC1C(=O)Nc2cccc(Br)c21. The molecule has 1 heterocycles. The molecule has 6 heteroatoms. The number of amides is 2. The van der Waals surface area contributed by atoms with Gasteiger partial charge in [-0.3, -0.25) is 14.9 Å². The van der Waals surface area contributed by atoms with Crippen LogP contribution in [0.3, 0.4) is 0 Å². The van der Waals surface area contributed by atoms with Crippen molar-refractivity contribution in [2.45, 2.75) is 6.04 Å². The van der Waals surface area contributed by atoms with Crippen LogP contribution >= 0.6 is 15.9 Å². The highest BCUT2D eigenvalue weighted by Crippen LogP contribution is 2.36. The molecule has 5 nitrogen and oxygen atoms in total. The summed E-state index contributed by atoms with van der Waals surface area (Å²) in [5.41, 5.74) is 6.59. The van der Waals surface area contributed by atoms with Crippen molar-refractivity contribution < 1.29 is 9.59 Å². The van der Waals surface area contributed by atoms with Crippen molar-refractivity contribution in [2.75, 3.05) is 11.9 Å². The molecule has 1 unspecified atom stereocenters. The standard InChI is InChI=1S/C10H10BrN3O2/c11-5-2-1-3-6-8(5)9(10(16)14-6)13-4-7(12)15/h1-3,9,13H,4H2,(H2,12,15)(H,14,16). The molecule has 2 amide bonds. The highest BCUT2D eigenvalue weighted by Gasteiger charge is 2.31. The van der Waals surface area contributed by atoms with Gasteiger partial charge in [0, 0.05) is 15.7 Å². The van der Waals surface area contributed by atoms with Gasteiger partial charge in [-0.05, 0) is 12.1 Å².